The largest absolute Gasteiger partial charge is 0.490 e. The summed E-state index contributed by atoms with van der Waals surface area (Å²) in [6.45, 7) is 3.64. The van der Waals surface area contributed by atoms with Crippen LogP contribution in [0, 0.1) is 12.8 Å². The van der Waals surface area contributed by atoms with E-state index in [4.69, 9.17) is 10.5 Å². The number of Topliss-reactive ketones (excluding diaryl/α,β-unsaturated/α-hetero) is 1. The molecule has 1 aliphatic rings. The molecule has 6 heteroatoms. The second-order valence-corrected chi connectivity index (χ2v) is 7.74. The molecule has 1 amide bonds. The average Bonchev–Trinajstić information content (AvgIpc) is 3.16. The molecule has 154 valence electrons. The first-order chi connectivity index (χ1) is 13.9. The second kappa shape index (κ2) is 9.54. The molecule has 1 aromatic heterocycles. The highest BCUT2D eigenvalue weighted by molar-refractivity contribution is 5.89. The first kappa shape index (κ1) is 20.8. The first-order valence-corrected chi connectivity index (χ1v) is 10.2. The lowest BCUT2D eigenvalue weighted by atomic mass is 10.0. The Balaban J connectivity index is 1.44. The van der Waals surface area contributed by atoms with Crippen LogP contribution >= 0.6 is 0 Å². The molecule has 2 aromatic rings. The summed E-state index contributed by atoms with van der Waals surface area (Å²) in [5.41, 5.74) is 7.51. The van der Waals surface area contributed by atoms with Crippen LogP contribution in [0.3, 0.4) is 0 Å². The van der Waals surface area contributed by atoms with E-state index in [-0.39, 0.29) is 23.7 Å². The molecule has 29 heavy (non-hydrogen) atoms. The van der Waals surface area contributed by atoms with E-state index in [1.165, 1.54) is 0 Å². The molecule has 6 nitrogen and oxygen atoms in total. The molecule has 1 saturated carbocycles. The number of nitrogens with one attached hydrogen (secondary N) is 1. The fraction of sp³-hybridized carbons (Fsp3) is 0.435. The number of hydrogen-bond donors (Lipinski definition) is 2. The summed E-state index contributed by atoms with van der Waals surface area (Å²) in [5, 5.41) is 2.89. The van der Waals surface area contributed by atoms with Crippen LogP contribution < -0.4 is 15.8 Å². The van der Waals surface area contributed by atoms with Crippen molar-refractivity contribution >= 4 is 17.5 Å². The molecule has 0 bridgehead atoms. The minimum Gasteiger partial charge on any atom is -0.490 e. The third kappa shape index (κ3) is 5.79. The Hall–Kier alpha value is -2.89. The standard InChI is InChI=1S/C23H29N3O3/c1-15-17(10-13-22(24)25-15)9-12-21(27)16(2)26-23(28)18-8-11-20(14-18)29-19-6-4-3-5-7-19/h3-7,10,13,16,18,20H,8-9,11-12,14H2,1-2H3,(H2,24,25)(H,26,28)/t16-,18+,20-/m0/s1. The van der Waals surface area contributed by atoms with Crippen molar-refractivity contribution in [3.8, 4) is 5.75 Å². The van der Waals surface area contributed by atoms with Gasteiger partial charge >= 0.3 is 0 Å². The van der Waals surface area contributed by atoms with E-state index < -0.39 is 6.04 Å². The van der Waals surface area contributed by atoms with Crippen LogP contribution in [0.25, 0.3) is 0 Å². The molecular weight excluding hydrogens is 366 g/mol. The van der Waals surface area contributed by atoms with Crippen LogP contribution in [0.4, 0.5) is 5.82 Å². The predicted octanol–water partition coefficient (Wildman–Crippen LogP) is 3.23. The van der Waals surface area contributed by atoms with Crippen LogP contribution in [0.2, 0.25) is 0 Å². The van der Waals surface area contributed by atoms with E-state index in [1.54, 1.807) is 13.0 Å². The molecule has 1 aromatic carbocycles. The smallest absolute Gasteiger partial charge is 0.223 e. The zero-order chi connectivity index (χ0) is 20.8. The third-order valence-corrected chi connectivity index (χ3v) is 5.50. The van der Waals surface area contributed by atoms with Gasteiger partial charge in [0.05, 0.1) is 12.1 Å². The van der Waals surface area contributed by atoms with Crippen molar-refractivity contribution in [1.82, 2.24) is 10.3 Å². The quantitative estimate of drug-likeness (QED) is 0.716. The summed E-state index contributed by atoms with van der Waals surface area (Å²) < 4.78 is 5.95. The lowest BCUT2D eigenvalue weighted by Gasteiger charge is -2.17. The van der Waals surface area contributed by atoms with Gasteiger partial charge in [-0.1, -0.05) is 24.3 Å². The molecule has 3 atom stereocenters. The number of carbonyl (C=O) groups is 2. The number of carbonyl (C=O) groups excluding carboxylic acids is 2. The fourth-order valence-electron chi connectivity index (χ4n) is 3.74. The number of ketones is 1. The molecule has 0 spiro atoms. The molecule has 1 heterocycles. The number of para-hydroxylation sites is 1. The van der Waals surface area contributed by atoms with E-state index >= 15 is 0 Å². The Bertz CT molecular complexity index is 854. The number of nitrogen functional groups attached to an aromatic ring is 1. The lowest BCUT2D eigenvalue weighted by Crippen LogP contribution is -2.41. The Kier molecular flexibility index (Phi) is 6.86. The van der Waals surface area contributed by atoms with Gasteiger partial charge in [0, 0.05) is 18.0 Å². The van der Waals surface area contributed by atoms with Crippen molar-refractivity contribution in [3.63, 3.8) is 0 Å². The maximum atomic E-state index is 12.6. The van der Waals surface area contributed by atoms with Crippen molar-refractivity contribution in [2.75, 3.05) is 5.73 Å². The highest BCUT2D eigenvalue weighted by Crippen LogP contribution is 2.29. The zero-order valence-electron chi connectivity index (χ0n) is 17.1. The highest BCUT2D eigenvalue weighted by atomic mass is 16.5. The van der Waals surface area contributed by atoms with Gasteiger partial charge in [-0.05, 0) is 63.3 Å². The van der Waals surface area contributed by atoms with Crippen molar-refractivity contribution in [2.24, 2.45) is 5.92 Å². The first-order valence-electron chi connectivity index (χ1n) is 10.2. The number of pyridine rings is 1. The minimum atomic E-state index is -0.501. The maximum Gasteiger partial charge on any atom is 0.223 e. The van der Waals surface area contributed by atoms with Gasteiger partial charge in [-0.2, -0.15) is 0 Å². The highest BCUT2D eigenvalue weighted by Gasteiger charge is 2.32. The van der Waals surface area contributed by atoms with Crippen LogP contribution in [0.15, 0.2) is 42.5 Å². The minimum absolute atomic E-state index is 0.0182. The number of anilines is 1. The Morgan fingerprint density at radius 1 is 1.21 bits per heavy atom. The maximum absolute atomic E-state index is 12.6. The molecule has 0 saturated heterocycles. The summed E-state index contributed by atoms with van der Waals surface area (Å²) in [7, 11) is 0. The number of nitrogens with two attached hydrogens (primary N) is 1. The predicted molar refractivity (Wildman–Crippen MR) is 113 cm³/mol. The van der Waals surface area contributed by atoms with E-state index in [1.807, 2.05) is 43.3 Å². The SMILES string of the molecule is Cc1nc(N)ccc1CCC(=O)[C@H](C)NC(=O)[C@@H]1CC[C@H](Oc2ccccc2)C1. The third-order valence-electron chi connectivity index (χ3n) is 5.50. The molecule has 1 fully saturated rings. The fourth-order valence-corrected chi connectivity index (χ4v) is 3.74. The molecule has 3 rings (SSSR count). The number of ether oxygens (including phenoxy) is 1. The van der Waals surface area contributed by atoms with Crippen molar-refractivity contribution in [1.29, 1.82) is 0 Å². The van der Waals surface area contributed by atoms with Crippen LogP contribution in [0.5, 0.6) is 5.75 Å². The lowest BCUT2D eigenvalue weighted by molar-refractivity contribution is -0.129. The summed E-state index contributed by atoms with van der Waals surface area (Å²) in [6.07, 6.45) is 3.30. The topological polar surface area (TPSA) is 94.3 Å². The van der Waals surface area contributed by atoms with Gasteiger partial charge < -0.3 is 15.8 Å². The van der Waals surface area contributed by atoms with Gasteiger partial charge in [-0.15, -0.1) is 0 Å². The van der Waals surface area contributed by atoms with E-state index in [2.05, 4.69) is 10.3 Å². The number of rotatable bonds is 8. The summed E-state index contributed by atoms with van der Waals surface area (Å²) >= 11 is 0. The zero-order valence-corrected chi connectivity index (χ0v) is 17.1. The molecule has 0 radical (unpaired) electrons. The van der Waals surface area contributed by atoms with Gasteiger partial charge in [0.2, 0.25) is 5.91 Å². The van der Waals surface area contributed by atoms with Gasteiger partial charge in [0.1, 0.15) is 11.6 Å². The molecular formula is C23H29N3O3. The Morgan fingerprint density at radius 3 is 2.69 bits per heavy atom. The Labute approximate surface area is 171 Å². The van der Waals surface area contributed by atoms with Crippen LogP contribution in [-0.2, 0) is 16.0 Å². The molecule has 0 unspecified atom stereocenters. The number of aryl methyl sites for hydroxylation is 2. The number of aromatic nitrogens is 1. The van der Waals surface area contributed by atoms with E-state index in [9.17, 15) is 9.59 Å². The van der Waals surface area contributed by atoms with Crippen molar-refractivity contribution < 1.29 is 14.3 Å². The van der Waals surface area contributed by atoms with Crippen molar-refractivity contribution in [2.45, 2.75) is 58.1 Å². The van der Waals surface area contributed by atoms with Gasteiger partial charge in [-0.25, -0.2) is 4.98 Å². The van der Waals surface area contributed by atoms with E-state index in [0.29, 0.717) is 25.1 Å². The van der Waals surface area contributed by atoms with Crippen LogP contribution in [-0.4, -0.2) is 28.8 Å². The summed E-state index contributed by atoms with van der Waals surface area (Å²) in [6, 6.07) is 12.8. The Morgan fingerprint density at radius 2 is 1.97 bits per heavy atom. The summed E-state index contributed by atoms with van der Waals surface area (Å²) in [5.74, 6) is 1.15. The molecule has 3 N–H and O–H groups in total. The van der Waals surface area contributed by atoms with E-state index in [0.717, 1.165) is 29.8 Å². The van der Waals surface area contributed by atoms with Gasteiger partial charge in [0.15, 0.2) is 5.78 Å². The average molecular weight is 396 g/mol. The number of amides is 1. The molecule has 0 aliphatic heterocycles. The molecule has 1 aliphatic carbocycles. The number of benzene rings is 1. The van der Waals surface area contributed by atoms with Crippen molar-refractivity contribution in [3.05, 3.63) is 53.7 Å². The van der Waals surface area contributed by atoms with Crippen LogP contribution in [0.1, 0.15) is 43.9 Å². The monoisotopic (exact) mass is 395 g/mol. The number of nitrogens with zero attached hydrogens (tertiary/aromatic N) is 1. The normalized spacial score (nSPS) is 19.5. The second-order valence-electron chi connectivity index (χ2n) is 7.74. The number of hydrogen-bond acceptors (Lipinski definition) is 5. The summed E-state index contributed by atoms with van der Waals surface area (Å²) in [4.78, 5) is 29.3. The van der Waals surface area contributed by atoms with Gasteiger partial charge in [0.25, 0.3) is 0 Å². The van der Waals surface area contributed by atoms with Gasteiger partial charge in [-0.3, -0.25) is 9.59 Å².